The van der Waals surface area contributed by atoms with Crippen LogP contribution in [-0.4, -0.2) is 27.5 Å². The number of carbonyl (C=O) groups excluding carboxylic acids is 1. The maximum atomic E-state index is 13.1. The fourth-order valence-corrected chi connectivity index (χ4v) is 2.32. The molecule has 1 aromatic carbocycles. The Balaban J connectivity index is 1.83. The molecule has 1 aliphatic heterocycles. The van der Waals surface area contributed by atoms with E-state index in [1.165, 1.54) is 18.2 Å². The van der Waals surface area contributed by atoms with Crippen LogP contribution in [-0.2, 0) is 13.0 Å². The molecule has 1 amide bonds. The molecule has 0 atom stereocenters. The van der Waals surface area contributed by atoms with Crippen molar-refractivity contribution in [3.63, 3.8) is 0 Å². The normalized spacial score (nSPS) is 14.3. The molecule has 0 saturated heterocycles. The summed E-state index contributed by atoms with van der Waals surface area (Å²) in [5.41, 5.74) is 7.91. The predicted molar refractivity (Wildman–Crippen MR) is 67.8 cm³/mol. The molecule has 19 heavy (non-hydrogen) atoms. The molecule has 0 bridgehead atoms. The van der Waals surface area contributed by atoms with Gasteiger partial charge in [0, 0.05) is 17.7 Å². The van der Waals surface area contributed by atoms with Gasteiger partial charge < -0.3 is 10.6 Å². The van der Waals surface area contributed by atoms with Crippen molar-refractivity contribution in [1.82, 2.24) is 15.1 Å². The van der Waals surface area contributed by atoms with E-state index in [4.69, 9.17) is 5.73 Å². The van der Waals surface area contributed by atoms with Crippen LogP contribution in [0.5, 0.6) is 0 Å². The Morgan fingerprint density at radius 1 is 1.47 bits per heavy atom. The van der Waals surface area contributed by atoms with Gasteiger partial charge in [0.05, 0.1) is 12.2 Å². The Kier molecular flexibility index (Phi) is 2.70. The highest BCUT2D eigenvalue weighted by Gasteiger charge is 2.24. The smallest absolute Gasteiger partial charge is 0.254 e. The van der Waals surface area contributed by atoms with Gasteiger partial charge in [0.15, 0.2) is 0 Å². The van der Waals surface area contributed by atoms with Gasteiger partial charge in [-0.3, -0.25) is 9.89 Å². The molecule has 1 aromatic heterocycles. The average Bonchev–Trinajstić information content (AvgIpc) is 2.79. The molecule has 0 saturated carbocycles. The number of rotatable bonds is 1. The van der Waals surface area contributed by atoms with Crippen LogP contribution in [0.3, 0.4) is 0 Å². The Morgan fingerprint density at radius 3 is 3.11 bits per heavy atom. The van der Waals surface area contributed by atoms with Crippen LogP contribution in [0.1, 0.15) is 21.6 Å². The van der Waals surface area contributed by atoms with Gasteiger partial charge in [-0.2, -0.15) is 5.10 Å². The summed E-state index contributed by atoms with van der Waals surface area (Å²) < 4.78 is 13.1. The lowest BCUT2D eigenvalue weighted by Gasteiger charge is -2.26. The summed E-state index contributed by atoms with van der Waals surface area (Å²) in [6, 6.07) is 5.72. The predicted octanol–water partition coefficient (Wildman–Crippen LogP) is 1.33. The van der Waals surface area contributed by atoms with Gasteiger partial charge in [-0.25, -0.2) is 4.39 Å². The number of halogens is 1. The minimum atomic E-state index is -0.408. The van der Waals surface area contributed by atoms with Crippen molar-refractivity contribution in [2.45, 2.75) is 13.0 Å². The van der Waals surface area contributed by atoms with E-state index in [2.05, 4.69) is 10.2 Å². The number of nitrogens with zero attached hydrogens (tertiary/aromatic N) is 2. The zero-order valence-corrected chi connectivity index (χ0v) is 10.2. The Labute approximate surface area is 109 Å². The number of nitrogens with one attached hydrogen (secondary N) is 1. The van der Waals surface area contributed by atoms with Crippen molar-refractivity contribution in [2.75, 3.05) is 12.3 Å². The molecular weight excluding hydrogens is 247 g/mol. The van der Waals surface area contributed by atoms with Crippen molar-refractivity contribution in [1.29, 1.82) is 0 Å². The first-order valence-electron chi connectivity index (χ1n) is 6.01. The summed E-state index contributed by atoms with van der Waals surface area (Å²) in [6.45, 7) is 0.987. The van der Waals surface area contributed by atoms with Crippen molar-refractivity contribution in [3.8, 4) is 0 Å². The van der Waals surface area contributed by atoms with Crippen LogP contribution in [0.15, 0.2) is 24.3 Å². The number of carbonyl (C=O) groups is 1. The fourth-order valence-electron chi connectivity index (χ4n) is 2.32. The van der Waals surface area contributed by atoms with Gasteiger partial charge in [0.25, 0.3) is 5.91 Å². The van der Waals surface area contributed by atoms with Crippen molar-refractivity contribution < 1.29 is 9.18 Å². The molecule has 0 radical (unpaired) electrons. The van der Waals surface area contributed by atoms with E-state index in [0.29, 0.717) is 30.9 Å². The lowest BCUT2D eigenvalue weighted by atomic mass is 10.1. The number of amides is 1. The van der Waals surface area contributed by atoms with Gasteiger partial charge in [-0.1, -0.05) is 6.07 Å². The second-order valence-electron chi connectivity index (χ2n) is 4.55. The SMILES string of the molecule is Nc1n[nH]c2c1CCN(C(=O)c1cccc(F)c1)C2. The van der Waals surface area contributed by atoms with E-state index < -0.39 is 5.82 Å². The van der Waals surface area contributed by atoms with Gasteiger partial charge in [-0.05, 0) is 24.6 Å². The first-order chi connectivity index (χ1) is 9.15. The first-order valence-corrected chi connectivity index (χ1v) is 6.01. The monoisotopic (exact) mass is 260 g/mol. The summed E-state index contributed by atoms with van der Waals surface area (Å²) in [5.74, 6) is -0.0968. The maximum Gasteiger partial charge on any atom is 0.254 e. The molecule has 2 heterocycles. The summed E-state index contributed by atoms with van der Waals surface area (Å²) >= 11 is 0. The molecule has 5 nitrogen and oxygen atoms in total. The fraction of sp³-hybridized carbons (Fsp3) is 0.231. The van der Waals surface area contributed by atoms with Gasteiger partial charge in [0.2, 0.25) is 0 Å². The second-order valence-corrected chi connectivity index (χ2v) is 4.55. The van der Waals surface area contributed by atoms with Crippen LogP contribution in [0.4, 0.5) is 10.2 Å². The van der Waals surface area contributed by atoms with Gasteiger partial charge in [0.1, 0.15) is 11.6 Å². The third-order valence-corrected chi connectivity index (χ3v) is 3.32. The molecule has 0 unspecified atom stereocenters. The maximum absolute atomic E-state index is 13.1. The molecule has 0 spiro atoms. The van der Waals surface area contributed by atoms with E-state index in [1.807, 2.05) is 0 Å². The third kappa shape index (κ3) is 2.05. The average molecular weight is 260 g/mol. The number of nitrogens with two attached hydrogens (primary N) is 1. The number of nitrogen functional groups attached to an aromatic ring is 1. The second kappa shape index (κ2) is 4.38. The Hall–Kier alpha value is -2.37. The van der Waals surface area contributed by atoms with Crippen LogP contribution >= 0.6 is 0 Å². The molecule has 0 aliphatic carbocycles. The lowest BCUT2D eigenvalue weighted by molar-refractivity contribution is 0.0732. The molecular formula is C13H13FN4O. The minimum absolute atomic E-state index is 0.182. The molecule has 0 fully saturated rings. The zero-order valence-electron chi connectivity index (χ0n) is 10.2. The number of benzene rings is 1. The number of aromatic nitrogens is 2. The van der Waals surface area contributed by atoms with Crippen molar-refractivity contribution in [2.24, 2.45) is 0 Å². The van der Waals surface area contributed by atoms with Gasteiger partial charge >= 0.3 is 0 Å². The first kappa shape index (κ1) is 11.7. The Bertz CT molecular complexity index is 637. The standard InChI is InChI=1S/C13H13FN4O/c14-9-3-1-2-8(6-9)13(19)18-5-4-10-11(7-18)16-17-12(10)15/h1-3,6H,4-5,7H2,(H3,15,16,17). The molecule has 98 valence electrons. The number of fused-ring (bicyclic) bond motifs is 1. The van der Waals surface area contributed by atoms with E-state index in [1.54, 1.807) is 11.0 Å². The van der Waals surface area contributed by atoms with Crippen LogP contribution in [0, 0.1) is 5.82 Å². The number of hydrogen-bond acceptors (Lipinski definition) is 3. The highest BCUT2D eigenvalue weighted by molar-refractivity contribution is 5.94. The summed E-state index contributed by atoms with van der Waals surface area (Å²) in [6.07, 6.45) is 0.665. The zero-order chi connectivity index (χ0) is 13.4. The van der Waals surface area contributed by atoms with Crippen LogP contribution < -0.4 is 5.73 Å². The quantitative estimate of drug-likeness (QED) is 0.812. The van der Waals surface area contributed by atoms with E-state index in [9.17, 15) is 9.18 Å². The van der Waals surface area contributed by atoms with E-state index >= 15 is 0 Å². The van der Waals surface area contributed by atoms with E-state index in [0.717, 1.165) is 11.3 Å². The number of hydrogen-bond donors (Lipinski definition) is 2. The Morgan fingerprint density at radius 2 is 2.32 bits per heavy atom. The third-order valence-electron chi connectivity index (χ3n) is 3.32. The molecule has 1 aliphatic rings. The number of H-pyrrole nitrogens is 1. The highest BCUT2D eigenvalue weighted by atomic mass is 19.1. The van der Waals surface area contributed by atoms with Crippen LogP contribution in [0.25, 0.3) is 0 Å². The molecule has 2 aromatic rings. The highest BCUT2D eigenvalue weighted by Crippen LogP contribution is 2.22. The summed E-state index contributed by atoms with van der Waals surface area (Å²) in [4.78, 5) is 13.9. The summed E-state index contributed by atoms with van der Waals surface area (Å²) in [7, 11) is 0. The topological polar surface area (TPSA) is 75.0 Å². The molecule has 3 N–H and O–H groups in total. The molecule has 6 heteroatoms. The lowest BCUT2D eigenvalue weighted by Crippen LogP contribution is -2.36. The van der Waals surface area contributed by atoms with Gasteiger partial charge in [-0.15, -0.1) is 0 Å². The number of anilines is 1. The van der Waals surface area contributed by atoms with Crippen molar-refractivity contribution in [3.05, 3.63) is 46.9 Å². The van der Waals surface area contributed by atoms with Crippen LogP contribution in [0.2, 0.25) is 0 Å². The van der Waals surface area contributed by atoms with Crippen molar-refractivity contribution >= 4 is 11.7 Å². The minimum Gasteiger partial charge on any atom is -0.382 e. The summed E-state index contributed by atoms with van der Waals surface area (Å²) in [5, 5.41) is 6.76. The number of aromatic amines is 1. The largest absolute Gasteiger partial charge is 0.382 e. The van der Waals surface area contributed by atoms with E-state index in [-0.39, 0.29) is 5.91 Å². The molecule has 3 rings (SSSR count).